The van der Waals surface area contributed by atoms with E-state index in [0.29, 0.717) is 19.6 Å². The summed E-state index contributed by atoms with van der Waals surface area (Å²) in [5.74, 6) is 0.891. The van der Waals surface area contributed by atoms with Gasteiger partial charge in [-0.05, 0) is 30.7 Å². The molecule has 0 N–H and O–H groups in total. The lowest BCUT2D eigenvalue weighted by Crippen LogP contribution is -2.22. The van der Waals surface area contributed by atoms with Gasteiger partial charge in [0, 0.05) is 54.6 Å². The van der Waals surface area contributed by atoms with Gasteiger partial charge in [0.1, 0.15) is 12.6 Å². The maximum atomic E-state index is 11.5. The number of ether oxygens (including phenoxy) is 2. The van der Waals surface area contributed by atoms with E-state index in [4.69, 9.17) is 19.4 Å². The predicted octanol–water partition coefficient (Wildman–Crippen LogP) is 6.47. The van der Waals surface area contributed by atoms with E-state index in [2.05, 4.69) is 59.3 Å². The predicted molar refractivity (Wildman–Crippen MR) is 146 cm³/mol. The normalized spacial score (nSPS) is 12.5. The molecule has 2 heterocycles. The number of rotatable bonds is 12. The number of benzene rings is 1. The smallest absolute Gasteiger partial charge is 0.305 e. The van der Waals surface area contributed by atoms with Crippen molar-refractivity contribution in [2.75, 3.05) is 13.7 Å². The molecule has 188 valence electrons. The van der Waals surface area contributed by atoms with Crippen LogP contribution in [-0.2, 0) is 33.8 Å². The molecule has 1 atom stereocenters. The van der Waals surface area contributed by atoms with Crippen molar-refractivity contribution in [1.29, 1.82) is 0 Å². The van der Waals surface area contributed by atoms with Crippen molar-refractivity contribution in [3.8, 4) is 11.3 Å². The van der Waals surface area contributed by atoms with E-state index in [1.54, 1.807) is 0 Å². The Morgan fingerprint density at radius 3 is 2.54 bits per heavy atom. The maximum absolute atomic E-state index is 11.5. The highest BCUT2D eigenvalue weighted by atomic mass is 79.9. The van der Waals surface area contributed by atoms with E-state index in [0.717, 1.165) is 52.0 Å². The van der Waals surface area contributed by atoms with Crippen molar-refractivity contribution in [3.63, 3.8) is 0 Å². The Bertz CT molecular complexity index is 1130. The number of aryl methyl sites for hydroxylation is 1. The van der Waals surface area contributed by atoms with Gasteiger partial charge in [0.2, 0.25) is 0 Å². The van der Waals surface area contributed by atoms with Crippen molar-refractivity contribution < 1.29 is 14.3 Å². The summed E-state index contributed by atoms with van der Waals surface area (Å²) >= 11 is 3.66. The summed E-state index contributed by atoms with van der Waals surface area (Å²) in [6.07, 6.45) is 3.73. The first-order valence-corrected chi connectivity index (χ1v) is 16.6. The van der Waals surface area contributed by atoms with Crippen LogP contribution in [0, 0.1) is 0 Å². The van der Waals surface area contributed by atoms with E-state index in [1.807, 2.05) is 36.4 Å². The number of pyridine rings is 1. The first kappa shape index (κ1) is 27.3. The number of nitrogens with zero attached hydrogens (tertiary/aromatic N) is 3. The Morgan fingerprint density at radius 1 is 1.09 bits per heavy atom. The van der Waals surface area contributed by atoms with Crippen LogP contribution in [0.2, 0.25) is 25.7 Å². The zero-order chi connectivity index (χ0) is 25.4. The summed E-state index contributed by atoms with van der Waals surface area (Å²) in [5.41, 5.74) is 3.86. The second kappa shape index (κ2) is 12.6. The zero-order valence-electron chi connectivity index (χ0n) is 21.4. The second-order valence-corrected chi connectivity index (χ2v) is 16.6. The molecular weight excluding hydrogens is 522 g/mol. The molecule has 0 aliphatic heterocycles. The highest BCUT2D eigenvalue weighted by Gasteiger charge is 2.19. The van der Waals surface area contributed by atoms with Crippen molar-refractivity contribution in [3.05, 3.63) is 70.3 Å². The fraction of sp³-hybridized carbons (Fsp3) is 0.444. The monoisotopic (exact) mass is 557 g/mol. The molecule has 0 fully saturated rings. The van der Waals surface area contributed by atoms with E-state index in [1.165, 1.54) is 7.11 Å². The van der Waals surface area contributed by atoms with Crippen LogP contribution in [0.15, 0.2) is 53.1 Å². The molecule has 8 heteroatoms. The average molecular weight is 559 g/mol. The fourth-order valence-corrected chi connectivity index (χ4v) is 5.03. The largest absolute Gasteiger partial charge is 0.469 e. The topological polar surface area (TPSA) is 66.2 Å². The lowest BCUT2D eigenvalue weighted by molar-refractivity contribution is -0.140. The summed E-state index contributed by atoms with van der Waals surface area (Å²) < 4.78 is 14.0. The maximum Gasteiger partial charge on any atom is 0.305 e. The molecule has 0 saturated carbocycles. The van der Waals surface area contributed by atoms with Crippen LogP contribution in [0.4, 0.5) is 0 Å². The number of carbonyl (C=O) groups excluding carboxylic acids is 1. The van der Waals surface area contributed by atoms with Gasteiger partial charge in [0.25, 0.3) is 0 Å². The quantitative estimate of drug-likeness (QED) is 0.145. The molecule has 0 amide bonds. The van der Waals surface area contributed by atoms with Gasteiger partial charge in [-0.25, -0.2) is 4.98 Å². The highest BCUT2D eigenvalue weighted by Crippen LogP contribution is 2.30. The molecule has 2 aromatic heterocycles. The van der Waals surface area contributed by atoms with Crippen LogP contribution in [0.3, 0.4) is 0 Å². The number of methoxy groups -OCH3 is 1. The van der Waals surface area contributed by atoms with E-state index in [9.17, 15) is 4.79 Å². The average Bonchev–Trinajstić information content (AvgIpc) is 3.24. The summed E-state index contributed by atoms with van der Waals surface area (Å²) in [4.78, 5) is 21.3. The summed E-state index contributed by atoms with van der Waals surface area (Å²) in [6.45, 7) is 10.5. The lowest BCUT2D eigenvalue weighted by atomic mass is 10.0. The minimum absolute atomic E-state index is 0.134. The van der Waals surface area contributed by atoms with Gasteiger partial charge in [0.15, 0.2) is 0 Å². The molecule has 1 unspecified atom stereocenters. The van der Waals surface area contributed by atoms with E-state index in [-0.39, 0.29) is 11.9 Å². The van der Waals surface area contributed by atoms with Crippen LogP contribution in [0.25, 0.3) is 11.3 Å². The van der Waals surface area contributed by atoms with Crippen LogP contribution in [0.5, 0.6) is 0 Å². The highest BCUT2D eigenvalue weighted by molar-refractivity contribution is 9.10. The van der Waals surface area contributed by atoms with Gasteiger partial charge < -0.3 is 14.0 Å². The zero-order valence-corrected chi connectivity index (χ0v) is 24.0. The van der Waals surface area contributed by atoms with Crippen LogP contribution in [-0.4, -0.2) is 42.3 Å². The third kappa shape index (κ3) is 8.40. The molecule has 0 saturated heterocycles. The van der Waals surface area contributed by atoms with Gasteiger partial charge >= 0.3 is 5.97 Å². The number of esters is 1. The molecule has 0 bridgehead atoms. The lowest BCUT2D eigenvalue weighted by Gasteiger charge is -2.17. The van der Waals surface area contributed by atoms with Crippen LogP contribution < -0.4 is 0 Å². The van der Waals surface area contributed by atoms with E-state index < -0.39 is 8.07 Å². The molecule has 1 aromatic carbocycles. The summed E-state index contributed by atoms with van der Waals surface area (Å²) in [7, 11) is 0.258. The summed E-state index contributed by atoms with van der Waals surface area (Å²) in [5, 5.41) is 0. The van der Waals surface area contributed by atoms with Gasteiger partial charge in [0.05, 0.1) is 19.2 Å². The Hall–Kier alpha value is -2.29. The van der Waals surface area contributed by atoms with Crippen LogP contribution >= 0.6 is 15.9 Å². The molecule has 35 heavy (non-hydrogen) atoms. The number of hydrogen-bond donors (Lipinski definition) is 0. The van der Waals surface area contributed by atoms with Gasteiger partial charge in [-0.1, -0.05) is 66.8 Å². The summed E-state index contributed by atoms with van der Waals surface area (Å²) in [6, 6.07) is 15.3. The molecule has 6 nitrogen and oxygen atoms in total. The standard InChI is InChI=1S/C27H36BrN3O3Si/c1-20(17-22-10-8-9-21(29-22)13-14-26(32)33-2)27-30-25(23-11-6-7-12-24(23)28)18-31(27)19-34-15-16-35(3,4)5/h6-12,18,20H,13-17,19H2,1-5H3. The molecule has 0 radical (unpaired) electrons. The molecule has 0 spiro atoms. The van der Waals surface area contributed by atoms with Gasteiger partial charge in [-0.15, -0.1) is 0 Å². The number of halogens is 1. The third-order valence-corrected chi connectivity index (χ3v) is 8.21. The van der Waals surface area contributed by atoms with Crippen molar-refractivity contribution in [1.82, 2.24) is 14.5 Å². The van der Waals surface area contributed by atoms with E-state index >= 15 is 0 Å². The first-order chi connectivity index (χ1) is 16.7. The molecule has 0 aliphatic carbocycles. The second-order valence-electron chi connectivity index (χ2n) is 10.1. The Morgan fingerprint density at radius 2 is 1.83 bits per heavy atom. The minimum Gasteiger partial charge on any atom is -0.469 e. The Labute approximate surface area is 218 Å². The number of aromatic nitrogens is 3. The number of carbonyl (C=O) groups is 1. The molecular formula is C27H36BrN3O3Si. The Balaban J connectivity index is 1.79. The first-order valence-electron chi connectivity index (χ1n) is 12.1. The van der Waals surface area contributed by atoms with Crippen molar-refractivity contribution in [2.45, 2.75) is 64.5 Å². The minimum atomic E-state index is -1.15. The molecule has 0 aliphatic rings. The van der Waals surface area contributed by atoms with Crippen LogP contribution in [0.1, 0.15) is 36.5 Å². The molecule has 3 aromatic rings. The van der Waals surface area contributed by atoms with Gasteiger partial charge in [-0.2, -0.15) is 0 Å². The third-order valence-electron chi connectivity index (χ3n) is 5.82. The number of imidazole rings is 1. The van der Waals surface area contributed by atoms with Gasteiger partial charge in [-0.3, -0.25) is 9.78 Å². The SMILES string of the molecule is COC(=O)CCc1cccc(CC(C)c2nc(-c3ccccc3Br)cn2COCC[Si](C)(C)C)n1. The number of hydrogen-bond acceptors (Lipinski definition) is 5. The van der Waals surface area contributed by atoms with Crippen molar-refractivity contribution >= 4 is 30.0 Å². The van der Waals surface area contributed by atoms with Crippen molar-refractivity contribution in [2.24, 2.45) is 0 Å². The molecule has 3 rings (SSSR count). The Kier molecular flexibility index (Phi) is 9.83. The fourth-order valence-electron chi connectivity index (χ4n) is 3.79.